The molecule has 1 aliphatic carbocycles. The Morgan fingerprint density at radius 3 is 2.82 bits per heavy atom. The predicted octanol–water partition coefficient (Wildman–Crippen LogP) is 2.95. The molecule has 1 aliphatic rings. The molecule has 1 aromatic rings. The van der Waals surface area contributed by atoms with Crippen LogP contribution in [-0.4, -0.2) is 12.5 Å². The molecule has 1 fully saturated rings. The number of nitrogen functional groups attached to an aromatic ring is 1. The van der Waals surface area contributed by atoms with Crippen molar-refractivity contribution in [3.05, 3.63) is 28.2 Å². The van der Waals surface area contributed by atoms with Crippen molar-refractivity contribution in [1.29, 1.82) is 0 Å². The number of carbonyl (C=O) groups is 1. The molecule has 4 heteroatoms. The van der Waals surface area contributed by atoms with Crippen LogP contribution in [0.25, 0.3) is 0 Å². The molecule has 0 unspecified atom stereocenters. The third kappa shape index (κ3) is 2.80. The first-order valence-corrected chi connectivity index (χ1v) is 6.69. The number of nitrogens with one attached hydrogen (secondary N) is 1. The van der Waals surface area contributed by atoms with Crippen LogP contribution in [0.15, 0.2) is 22.7 Å². The molecule has 3 nitrogen and oxygen atoms in total. The van der Waals surface area contributed by atoms with Crippen LogP contribution in [0.3, 0.4) is 0 Å². The van der Waals surface area contributed by atoms with Crippen molar-refractivity contribution in [3.8, 4) is 0 Å². The summed E-state index contributed by atoms with van der Waals surface area (Å²) in [6.07, 6.45) is 3.57. The van der Waals surface area contributed by atoms with E-state index in [1.807, 2.05) is 6.07 Å². The number of anilines is 1. The second kappa shape index (κ2) is 4.69. The van der Waals surface area contributed by atoms with Gasteiger partial charge in [-0.25, -0.2) is 0 Å². The first kappa shape index (κ1) is 12.4. The first-order valence-electron chi connectivity index (χ1n) is 5.89. The maximum absolute atomic E-state index is 12.0. The minimum absolute atomic E-state index is 0.0801. The van der Waals surface area contributed by atoms with Crippen molar-refractivity contribution < 1.29 is 4.79 Å². The van der Waals surface area contributed by atoms with Gasteiger partial charge in [-0.05, 0) is 42.9 Å². The molecule has 0 atom stereocenters. The van der Waals surface area contributed by atoms with Crippen molar-refractivity contribution in [2.75, 3.05) is 12.3 Å². The van der Waals surface area contributed by atoms with E-state index in [9.17, 15) is 4.79 Å². The van der Waals surface area contributed by atoms with E-state index in [1.54, 1.807) is 12.1 Å². The van der Waals surface area contributed by atoms with Gasteiger partial charge in [0.05, 0.1) is 5.56 Å². The zero-order chi connectivity index (χ0) is 12.5. The maximum atomic E-state index is 12.0. The molecule has 1 aromatic carbocycles. The van der Waals surface area contributed by atoms with Gasteiger partial charge in [0.1, 0.15) is 0 Å². The summed E-state index contributed by atoms with van der Waals surface area (Å²) in [4.78, 5) is 12.0. The Morgan fingerprint density at radius 1 is 1.53 bits per heavy atom. The van der Waals surface area contributed by atoms with E-state index in [2.05, 4.69) is 28.2 Å². The lowest BCUT2D eigenvalue weighted by atomic mass is 10.0. The first-order chi connectivity index (χ1) is 8.06. The van der Waals surface area contributed by atoms with Crippen LogP contribution in [0.2, 0.25) is 0 Å². The summed E-state index contributed by atoms with van der Waals surface area (Å²) >= 11 is 3.35. The summed E-state index contributed by atoms with van der Waals surface area (Å²) in [7, 11) is 0. The average molecular weight is 297 g/mol. The fraction of sp³-hybridized carbons (Fsp3) is 0.462. The molecule has 0 spiro atoms. The van der Waals surface area contributed by atoms with Crippen molar-refractivity contribution in [2.45, 2.75) is 26.2 Å². The van der Waals surface area contributed by atoms with Gasteiger partial charge in [-0.15, -0.1) is 0 Å². The number of nitrogens with two attached hydrogens (primary N) is 1. The van der Waals surface area contributed by atoms with Gasteiger partial charge in [-0.3, -0.25) is 4.79 Å². The van der Waals surface area contributed by atoms with Gasteiger partial charge in [0.2, 0.25) is 0 Å². The fourth-order valence-corrected chi connectivity index (χ4v) is 2.28. The Labute approximate surface area is 110 Å². The number of amides is 1. The van der Waals surface area contributed by atoms with Gasteiger partial charge in [-0.1, -0.05) is 22.9 Å². The second-order valence-electron chi connectivity index (χ2n) is 4.77. The molecule has 17 heavy (non-hydrogen) atoms. The lowest BCUT2D eigenvalue weighted by Crippen LogP contribution is -2.30. The smallest absolute Gasteiger partial charge is 0.253 e. The third-order valence-corrected chi connectivity index (χ3v) is 4.08. The monoisotopic (exact) mass is 296 g/mol. The molecule has 3 N–H and O–H groups in total. The molecule has 0 bridgehead atoms. The molecular formula is C13H17BrN2O. The lowest BCUT2D eigenvalue weighted by Gasteiger charge is -2.14. The van der Waals surface area contributed by atoms with E-state index >= 15 is 0 Å². The Bertz CT molecular complexity index is 441. The molecule has 0 radical (unpaired) electrons. The van der Waals surface area contributed by atoms with Crippen molar-refractivity contribution in [1.82, 2.24) is 5.32 Å². The average Bonchev–Trinajstić information content (AvgIpc) is 3.10. The van der Waals surface area contributed by atoms with Crippen LogP contribution in [0.4, 0.5) is 5.69 Å². The van der Waals surface area contributed by atoms with Gasteiger partial charge >= 0.3 is 0 Å². The van der Waals surface area contributed by atoms with Crippen LogP contribution in [0, 0.1) is 5.41 Å². The van der Waals surface area contributed by atoms with Gasteiger partial charge in [0.15, 0.2) is 0 Å². The molecule has 2 rings (SSSR count). The largest absolute Gasteiger partial charge is 0.398 e. The van der Waals surface area contributed by atoms with Crippen molar-refractivity contribution >= 4 is 27.5 Å². The highest BCUT2D eigenvalue weighted by Crippen LogP contribution is 2.47. The summed E-state index contributed by atoms with van der Waals surface area (Å²) < 4.78 is 0.869. The number of rotatable bonds is 4. The Hall–Kier alpha value is -1.03. The topological polar surface area (TPSA) is 55.1 Å². The standard InChI is InChI=1S/C13H17BrN2O/c1-2-13(5-6-13)8-16-12(17)10-7-9(14)3-4-11(10)15/h3-4,7H,2,5-6,8,15H2,1H3,(H,16,17). The van der Waals surface area contributed by atoms with Crippen LogP contribution >= 0.6 is 15.9 Å². The van der Waals surface area contributed by atoms with Gasteiger partial charge in [0, 0.05) is 16.7 Å². The lowest BCUT2D eigenvalue weighted by molar-refractivity contribution is 0.0945. The van der Waals surface area contributed by atoms with E-state index in [4.69, 9.17) is 5.73 Å². The summed E-state index contributed by atoms with van der Waals surface area (Å²) in [5, 5.41) is 2.98. The highest BCUT2D eigenvalue weighted by molar-refractivity contribution is 9.10. The third-order valence-electron chi connectivity index (χ3n) is 3.59. The van der Waals surface area contributed by atoms with E-state index in [-0.39, 0.29) is 5.91 Å². The van der Waals surface area contributed by atoms with Crippen LogP contribution in [0.1, 0.15) is 36.5 Å². The minimum Gasteiger partial charge on any atom is -0.398 e. The van der Waals surface area contributed by atoms with Crippen molar-refractivity contribution in [2.24, 2.45) is 5.41 Å². The summed E-state index contributed by atoms with van der Waals surface area (Å²) in [6, 6.07) is 5.34. The summed E-state index contributed by atoms with van der Waals surface area (Å²) in [5.74, 6) is -0.0801. The molecule has 0 heterocycles. The van der Waals surface area contributed by atoms with Crippen LogP contribution in [0.5, 0.6) is 0 Å². The zero-order valence-corrected chi connectivity index (χ0v) is 11.5. The second-order valence-corrected chi connectivity index (χ2v) is 5.68. The van der Waals surface area contributed by atoms with E-state index in [0.29, 0.717) is 16.7 Å². The zero-order valence-electron chi connectivity index (χ0n) is 9.92. The van der Waals surface area contributed by atoms with Gasteiger partial charge in [0.25, 0.3) is 5.91 Å². The Kier molecular flexibility index (Phi) is 3.43. The SMILES string of the molecule is CCC1(CNC(=O)c2cc(Br)ccc2N)CC1. The molecular weight excluding hydrogens is 280 g/mol. The molecule has 1 amide bonds. The number of carbonyl (C=O) groups excluding carboxylic acids is 1. The van der Waals surface area contributed by atoms with Gasteiger partial charge < -0.3 is 11.1 Å². The van der Waals surface area contributed by atoms with Gasteiger partial charge in [-0.2, -0.15) is 0 Å². The van der Waals surface area contributed by atoms with E-state index in [0.717, 1.165) is 17.4 Å². The summed E-state index contributed by atoms with van der Waals surface area (Å²) in [5.41, 5.74) is 7.22. The number of benzene rings is 1. The molecule has 0 aromatic heterocycles. The molecule has 0 aliphatic heterocycles. The Balaban J connectivity index is 2.02. The predicted molar refractivity (Wildman–Crippen MR) is 72.8 cm³/mol. The van der Waals surface area contributed by atoms with Crippen molar-refractivity contribution in [3.63, 3.8) is 0 Å². The summed E-state index contributed by atoms with van der Waals surface area (Å²) in [6.45, 7) is 2.93. The highest BCUT2D eigenvalue weighted by atomic mass is 79.9. The fourth-order valence-electron chi connectivity index (χ4n) is 1.92. The van der Waals surface area contributed by atoms with E-state index < -0.39 is 0 Å². The normalized spacial score (nSPS) is 16.6. The highest BCUT2D eigenvalue weighted by Gasteiger charge is 2.40. The Morgan fingerprint density at radius 2 is 2.24 bits per heavy atom. The number of hydrogen-bond acceptors (Lipinski definition) is 2. The van der Waals surface area contributed by atoms with Crippen LogP contribution in [-0.2, 0) is 0 Å². The number of hydrogen-bond donors (Lipinski definition) is 2. The quantitative estimate of drug-likeness (QED) is 0.840. The maximum Gasteiger partial charge on any atom is 0.253 e. The van der Waals surface area contributed by atoms with E-state index in [1.165, 1.54) is 12.8 Å². The molecule has 0 saturated heterocycles. The number of halogens is 1. The minimum atomic E-state index is -0.0801. The molecule has 92 valence electrons. The molecule has 1 saturated carbocycles. The van der Waals surface area contributed by atoms with Crippen LogP contribution < -0.4 is 11.1 Å².